The van der Waals surface area contributed by atoms with Gasteiger partial charge in [-0.3, -0.25) is 9.59 Å². The number of rotatable bonds is 9. The Morgan fingerprint density at radius 3 is 2.38 bits per heavy atom. The van der Waals surface area contributed by atoms with E-state index in [1.165, 1.54) is 39.8 Å². The molecule has 2 fully saturated rings. The number of aliphatic carboxylic acids is 2. The van der Waals surface area contributed by atoms with E-state index >= 15 is 0 Å². The number of carboxylic acids is 2. The second kappa shape index (κ2) is 12.7. The van der Waals surface area contributed by atoms with Crippen molar-refractivity contribution in [3.8, 4) is 0 Å². The van der Waals surface area contributed by atoms with Gasteiger partial charge in [-0.25, -0.2) is 4.98 Å². The number of fused-ring (bicyclic) bond motifs is 1. The van der Waals surface area contributed by atoms with Crippen LogP contribution < -0.4 is 74.2 Å². The van der Waals surface area contributed by atoms with Crippen LogP contribution in [0.2, 0.25) is 0 Å². The largest absolute Gasteiger partial charge is 1.00 e. The number of β-lactam (4-membered cyclic amide) rings is 1. The summed E-state index contributed by atoms with van der Waals surface area (Å²) in [4.78, 5) is 57.3. The Kier molecular flexibility index (Phi) is 11.2. The molecule has 0 aromatic carbocycles. The van der Waals surface area contributed by atoms with Crippen molar-refractivity contribution in [1.29, 1.82) is 0 Å². The standard InChI is InChI=1S/C22H28N4O7S2.2Na/c1-9(2)25(7-14(28)29)19(30)13-8-34-22(23-13)24-5-12(6-24)35-18-10(3)16-15(11(4)27)20(31)26(16)17(18)21(32)33;;/h8-12,15-16,27H,5-7H2,1-4H3,(H,28,29)(H,32,33);;/q;2*+1/p-2/t10-,11-,15-,16-;;/m1../s1. The Labute approximate surface area is 267 Å². The Hall–Kier alpha value is -0.640. The van der Waals surface area contributed by atoms with Crippen molar-refractivity contribution in [3.05, 3.63) is 21.7 Å². The van der Waals surface area contributed by atoms with Crippen LogP contribution in [0.5, 0.6) is 0 Å². The number of hydrogen-bond acceptors (Lipinski definition) is 11. The Morgan fingerprint density at radius 2 is 1.86 bits per heavy atom. The molecular formula is C22H26N4Na2O7S2. The predicted octanol–water partition coefficient (Wildman–Crippen LogP) is -7.51. The average molecular weight is 569 g/mol. The fourth-order valence-corrected chi connectivity index (χ4v) is 7.14. The molecule has 0 saturated carbocycles. The van der Waals surface area contributed by atoms with Crippen LogP contribution in [0.3, 0.4) is 0 Å². The van der Waals surface area contributed by atoms with Gasteiger partial charge in [-0.05, 0) is 20.8 Å². The molecule has 0 aliphatic carbocycles. The predicted molar refractivity (Wildman–Crippen MR) is 124 cm³/mol. The number of carboxylic acid groups (broad SMARTS) is 2. The fraction of sp³-hybridized carbons (Fsp3) is 0.591. The van der Waals surface area contributed by atoms with Gasteiger partial charge < -0.3 is 39.6 Å². The van der Waals surface area contributed by atoms with E-state index < -0.39 is 42.3 Å². The van der Waals surface area contributed by atoms with E-state index in [4.69, 9.17) is 0 Å². The number of anilines is 1. The summed E-state index contributed by atoms with van der Waals surface area (Å²) in [5.41, 5.74) is 0.0612. The molecular weight excluding hydrogens is 542 g/mol. The molecule has 1 N–H and O–H groups in total. The number of thiazole rings is 1. The van der Waals surface area contributed by atoms with E-state index in [-0.39, 0.29) is 93.8 Å². The van der Waals surface area contributed by atoms with Crippen LogP contribution in [0.4, 0.5) is 5.13 Å². The van der Waals surface area contributed by atoms with Gasteiger partial charge in [0.15, 0.2) is 5.13 Å². The first-order valence-corrected chi connectivity index (χ1v) is 13.0. The van der Waals surface area contributed by atoms with E-state index in [1.807, 2.05) is 11.8 Å². The van der Waals surface area contributed by atoms with Crippen molar-refractivity contribution >= 4 is 52.0 Å². The summed E-state index contributed by atoms with van der Waals surface area (Å²) in [7, 11) is 0. The van der Waals surface area contributed by atoms with Crippen LogP contribution in [-0.4, -0.2) is 86.7 Å². The molecule has 3 aliphatic rings. The average Bonchev–Trinajstić information content (AvgIpc) is 3.29. The molecule has 4 heterocycles. The number of carbonyl (C=O) groups is 4. The van der Waals surface area contributed by atoms with Crippen molar-refractivity contribution in [2.75, 3.05) is 24.5 Å². The number of hydrogen-bond donors (Lipinski definition) is 1. The summed E-state index contributed by atoms with van der Waals surface area (Å²) in [6.45, 7) is 7.43. The molecule has 0 unspecified atom stereocenters. The van der Waals surface area contributed by atoms with Gasteiger partial charge >= 0.3 is 59.1 Å². The van der Waals surface area contributed by atoms with Gasteiger partial charge in [-0.1, -0.05) is 6.92 Å². The summed E-state index contributed by atoms with van der Waals surface area (Å²) in [6.07, 6.45) is -0.863. The molecule has 1 aromatic rings. The Morgan fingerprint density at radius 1 is 1.24 bits per heavy atom. The number of nitrogens with zero attached hydrogens (tertiary/aromatic N) is 4. The molecule has 190 valence electrons. The maximum Gasteiger partial charge on any atom is 1.00 e. The molecule has 2 amide bonds. The van der Waals surface area contributed by atoms with Crippen LogP contribution in [0.15, 0.2) is 16.0 Å². The van der Waals surface area contributed by atoms with Gasteiger partial charge in [-0.15, -0.1) is 23.1 Å². The van der Waals surface area contributed by atoms with Crippen molar-refractivity contribution in [2.24, 2.45) is 11.8 Å². The number of thioether (sulfide) groups is 1. The summed E-state index contributed by atoms with van der Waals surface area (Å²) >= 11 is 2.67. The topological polar surface area (TPSA) is 157 Å². The number of aliphatic hydroxyl groups excluding tert-OH is 1. The van der Waals surface area contributed by atoms with Gasteiger partial charge in [0.05, 0.1) is 42.2 Å². The molecule has 37 heavy (non-hydrogen) atoms. The third-order valence-electron chi connectivity index (χ3n) is 6.61. The molecule has 0 radical (unpaired) electrons. The van der Waals surface area contributed by atoms with Crippen LogP contribution in [-0.2, 0) is 14.4 Å². The zero-order valence-electron chi connectivity index (χ0n) is 21.7. The van der Waals surface area contributed by atoms with Crippen LogP contribution >= 0.6 is 23.1 Å². The number of carbonyl (C=O) groups excluding carboxylic acids is 4. The molecule has 2 saturated heterocycles. The molecule has 0 bridgehead atoms. The summed E-state index contributed by atoms with van der Waals surface area (Å²) in [5, 5.41) is 35.0. The third kappa shape index (κ3) is 6.09. The zero-order chi connectivity index (χ0) is 25.8. The third-order valence-corrected chi connectivity index (χ3v) is 8.96. The minimum absolute atomic E-state index is 0. The summed E-state index contributed by atoms with van der Waals surface area (Å²) < 4.78 is 0. The second-order valence-corrected chi connectivity index (χ2v) is 11.5. The van der Waals surface area contributed by atoms with E-state index in [9.17, 15) is 34.5 Å². The second-order valence-electron chi connectivity index (χ2n) is 9.31. The minimum atomic E-state index is -1.40. The first kappa shape index (κ1) is 32.6. The molecule has 11 nitrogen and oxygen atoms in total. The van der Waals surface area contributed by atoms with Crippen LogP contribution in [0.1, 0.15) is 38.2 Å². The molecule has 4 rings (SSSR count). The van der Waals surface area contributed by atoms with Crippen LogP contribution in [0, 0.1) is 11.8 Å². The fourth-order valence-electron chi connectivity index (χ4n) is 4.80. The molecule has 4 atom stereocenters. The van der Waals surface area contributed by atoms with Crippen molar-refractivity contribution in [2.45, 2.75) is 51.1 Å². The van der Waals surface area contributed by atoms with Crippen LogP contribution in [0.25, 0.3) is 0 Å². The zero-order valence-corrected chi connectivity index (χ0v) is 27.3. The van der Waals surface area contributed by atoms with Crippen molar-refractivity contribution in [3.63, 3.8) is 0 Å². The van der Waals surface area contributed by atoms with E-state index in [2.05, 4.69) is 4.98 Å². The Bertz CT molecular complexity index is 1110. The number of aromatic nitrogens is 1. The maximum atomic E-state index is 12.7. The monoisotopic (exact) mass is 568 g/mol. The minimum Gasteiger partial charge on any atom is -0.548 e. The van der Waals surface area contributed by atoms with Gasteiger partial charge in [0.2, 0.25) is 5.91 Å². The molecule has 0 spiro atoms. The summed E-state index contributed by atoms with van der Waals surface area (Å²) in [6, 6.07) is -0.715. The van der Waals surface area contributed by atoms with Crippen molar-refractivity contribution in [1.82, 2.24) is 14.8 Å². The van der Waals surface area contributed by atoms with Crippen molar-refractivity contribution < 1.29 is 93.6 Å². The van der Waals surface area contributed by atoms with Gasteiger partial charge in [0.25, 0.3) is 5.91 Å². The first-order valence-electron chi connectivity index (χ1n) is 11.3. The SMILES string of the molecule is CC(C)N(CC(=O)[O-])C(=O)c1csc(N2CC(SC3=C(C(=O)[O-])N4C(=O)[C@H]([C@@H](C)O)[C@H]4[C@H]3C)C2)n1.[Na+].[Na+]. The van der Waals surface area contributed by atoms with E-state index in [0.717, 1.165) is 0 Å². The Balaban J connectivity index is 0.00000241. The smallest absolute Gasteiger partial charge is 0.548 e. The molecule has 15 heteroatoms. The number of amides is 2. The molecule has 3 aliphatic heterocycles. The normalized spacial score (nSPS) is 23.5. The first-order chi connectivity index (χ1) is 16.4. The maximum absolute atomic E-state index is 12.7. The summed E-state index contributed by atoms with van der Waals surface area (Å²) in [5.74, 6) is -4.47. The molecule has 1 aromatic heterocycles. The van der Waals surface area contributed by atoms with E-state index in [0.29, 0.717) is 23.1 Å². The van der Waals surface area contributed by atoms with Gasteiger partial charge in [0.1, 0.15) is 5.69 Å². The van der Waals surface area contributed by atoms with Gasteiger partial charge in [-0.2, -0.15) is 0 Å². The number of aliphatic hydroxyl groups is 1. The van der Waals surface area contributed by atoms with Gasteiger partial charge in [0, 0.05) is 40.6 Å². The quantitative estimate of drug-likeness (QED) is 0.224. The van der Waals surface area contributed by atoms with E-state index in [1.54, 1.807) is 19.2 Å².